The molecule has 0 heterocycles. The average Bonchev–Trinajstić information content (AvgIpc) is 2.22. The van der Waals surface area contributed by atoms with Gasteiger partial charge in [-0.3, -0.25) is 0 Å². The van der Waals surface area contributed by atoms with Gasteiger partial charge in [-0.2, -0.15) is 0 Å². The third kappa shape index (κ3) is 2.17. The predicted octanol–water partition coefficient (Wildman–Crippen LogP) is 4.26. The van der Waals surface area contributed by atoms with E-state index in [4.69, 9.17) is 0 Å². The van der Waals surface area contributed by atoms with E-state index in [2.05, 4.69) is 19.1 Å². The Balaban J connectivity index is 2.38. The summed E-state index contributed by atoms with van der Waals surface area (Å²) in [6, 6.07) is 5.31. The molecule has 1 aliphatic rings. The number of rotatable bonds is 1. The maximum atomic E-state index is 13.1. The molecule has 0 saturated carbocycles. The van der Waals surface area contributed by atoms with Crippen molar-refractivity contribution in [1.82, 2.24) is 0 Å². The smallest absolute Gasteiger partial charge is 0.126 e. The molecule has 1 aliphatic carbocycles. The van der Waals surface area contributed by atoms with Crippen molar-refractivity contribution in [2.24, 2.45) is 0 Å². The van der Waals surface area contributed by atoms with E-state index in [1.807, 2.05) is 12.1 Å². The van der Waals surface area contributed by atoms with Crippen LogP contribution in [0.2, 0.25) is 0 Å². The number of hydrogen-bond donors (Lipinski definition) is 0. The SMILES string of the molecule is CC1=CC(c2ccc(F)c(C)c2)=CCC1. The van der Waals surface area contributed by atoms with Crippen LogP contribution in [0.3, 0.4) is 0 Å². The van der Waals surface area contributed by atoms with Crippen LogP contribution in [-0.4, -0.2) is 0 Å². The summed E-state index contributed by atoms with van der Waals surface area (Å²) in [4.78, 5) is 0. The summed E-state index contributed by atoms with van der Waals surface area (Å²) < 4.78 is 13.1. The second kappa shape index (κ2) is 4.01. The summed E-state index contributed by atoms with van der Waals surface area (Å²) in [6.07, 6.45) is 6.65. The molecule has 0 unspecified atom stereocenters. The van der Waals surface area contributed by atoms with Gasteiger partial charge >= 0.3 is 0 Å². The van der Waals surface area contributed by atoms with E-state index in [0.717, 1.165) is 18.4 Å². The Morgan fingerprint density at radius 3 is 2.67 bits per heavy atom. The molecule has 0 atom stereocenters. The van der Waals surface area contributed by atoms with Crippen molar-refractivity contribution >= 4 is 5.57 Å². The number of hydrogen-bond acceptors (Lipinski definition) is 0. The van der Waals surface area contributed by atoms with Gasteiger partial charge < -0.3 is 0 Å². The van der Waals surface area contributed by atoms with Crippen LogP contribution in [-0.2, 0) is 0 Å². The molecule has 15 heavy (non-hydrogen) atoms. The quantitative estimate of drug-likeness (QED) is 0.638. The van der Waals surface area contributed by atoms with Crippen LogP contribution in [0.25, 0.3) is 5.57 Å². The number of allylic oxidation sites excluding steroid dienone is 4. The third-order valence-electron chi connectivity index (χ3n) is 2.80. The summed E-state index contributed by atoms with van der Waals surface area (Å²) in [7, 11) is 0. The monoisotopic (exact) mass is 202 g/mol. The van der Waals surface area contributed by atoms with Gasteiger partial charge in [0.15, 0.2) is 0 Å². The van der Waals surface area contributed by atoms with Gasteiger partial charge in [0, 0.05) is 0 Å². The lowest BCUT2D eigenvalue weighted by atomic mass is 9.94. The standard InChI is InChI=1S/C14H15F/c1-10-4-3-5-12(8-10)13-6-7-14(15)11(2)9-13/h5-9H,3-4H2,1-2H3. The molecule has 0 nitrogen and oxygen atoms in total. The fraction of sp³-hybridized carbons (Fsp3) is 0.286. The van der Waals surface area contributed by atoms with Crippen LogP contribution in [0.15, 0.2) is 35.9 Å². The van der Waals surface area contributed by atoms with Crippen molar-refractivity contribution in [3.63, 3.8) is 0 Å². The van der Waals surface area contributed by atoms with E-state index in [-0.39, 0.29) is 5.82 Å². The summed E-state index contributed by atoms with van der Waals surface area (Å²) in [5.41, 5.74) is 4.45. The molecule has 0 fully saturated rings. The minimum atomic E-state index is -0.129. The second-order valence-electron chi connectivity index (χ2n) is 4.15. The maximum absolute atomic E-state index is 13.1. The number of aryl methyl sites for hydroxylation is 1. The first-order valence-electron chi connectivity index (χ1n) is 5.30. The highest BCUT2D eigenvalue weighted by Gasteiger charge is 2.06. The molecule has 0 radical (unpaired) electrons. The van der Waals surface area contributed by atoms with Crippen molar-refractivity contribution in [3.05, 3.63) is 52.9 Å². The first-order valence-corrected chi connectivity index (χ1v) is 5.30. The van der Waals surface area contributed by atoms with Gasteiger partial charge in [0.1, 0.15) is 5.82 Å². The molecule has 0 saturated heterocycles. The van der Waals surface area contributed by atoms with Crippen LogP contribution in [0, 0.1) is 12.7 Å². The van der Waals surface area contributed by atoms with Crippen molar-refractivity contribution < 1.29 is 4.39 Å². The van der Waals surface area contributed by atoms with E-state index in [1.54, 1.807) is 13.0 Å². The van der Waals surface area contributed by atoms with Crippen LogP contribution < -0.4 is 0 Å². The minimum absolute atomic E-state index is 0.129. The number of halogens is 1. The van der Waals surface area contributed by atoms with Gasteiger partial charge in [-0.25, -0.2) is 4.39 Å². The highest BCUT2D eigenvalue weighted by Crippen LogP contribution is 2.26. The van der Waals surface area contributed by atoms with Gasteiger partial charge in [0.2, 0.25) is 0 Å². The lowest BCUT2D eigenvalue weighted by Crippen LogP contribution is -1.91. The second-order valence-corrected chi connectivity index (χ2v) is 4.15. The molecule has 0 bridgehead atoms. The largest absolute Gasteiger partial charge is 0.207 e. The molecule has 0 aromatic heterocycles. The number of benzene rings is 1. The summed E-state index contributed by atoms with van der Waals surface area (Å²) in [6.45, 7) is 3.95. The Hall–Kier alpha value is -1.37. The average molecular weight is 202 g/mol. The molecule has 0 amide bonds. The highest BCUT2D eigenvalue weighted by atomic mass is 19.1. The maximum Gasteiger partial charge on any atom is 0.126 e. The Labute approximate surface area is 90.1 Å². The fourth-order valence-electron chi connectivity index (χ4n) is 1.88. The third-order valence-corrected chi connectivity index (χ3v) is 2.80. The lowest BCUT2D eigenvalue weighted by Gasteiger charge is -2.11. The minimum Gasteiger partial charge on any atom is -0.207 e. The van der Waals surface area contributed by atoms with Gasteiger partial charge in [-0.1, -0.05) is 23.8 Å². The molecular weight excluding hydrogens is 187 g/mol. The van der Waals surface area contributed by atoms with Crippen molar-refractivity contribution in [1.29, 1.82) is 0 Å². The Morgan fingerprint density at radius 1 is 1.20 bits per heavy atom. The zero-order chi connectivity index (χ0) is 10.8. The molecule has 0 aliphatic heterocycles. The summed E-state index contributed by atoms with van der Waals surface area (Å²) >= 11 is 0. The molecule has 1 heteroatoms. The molecular formula is C14H15F. The van der Waals surface area contributed by atoms with Crippen molar-refractivity contribution in [2.75, 3.05) is 0 Å². The van der Waals surface area contributed by atoms with Gasteiger partial charge in [-0.15, -0.1) is 0 Å². The Kier molecular flexibility index (Phi) is 2.72. The van der Waals surface area contributed by atoms with Crippen LogP contribution in [0.4, 0.5) is 4.39 Å². The van der Waals surface area contributed by atoms with Crippen LogP contribution in [0.5, 0.6) is 0 Å². The molecule has 1 aromatic rings. The van der Waals surface area contributed by atoms with Crippen LogP contribution >= 0.6 is 0 Å². The molecule has 0 spiro atoms. The van der Waals surface area contributed by atoms with Crippen molar-refractivity contribution in [2.45, 2.75) is 26.7 Å². The van der Waals surface area contributed by atoms with Gasteiger partial charge in [0.05, 0.1) is 0 Å². The van der Waals surface area contributed by atoms with E-state index in [9.17, 15) is 4.39 Å². The first kappa shape index (κ1) is 10.2. The fourth-order valence-corrected chi connectivity index (χ4v) is 1.88. The Bertz CT molecular complexity index is 439. The van der Waals surface area contributed by atoms with E-state index in [0.29, 0.717) is 5.56 Å². The first-order chi connectivity index (χ1) is 7.16. The molecule has 1 aromatic carbocycles. The highest BCUT2D eigenvalue weighted by molar-refractivity contribution is 5.75. The topological polar surface area (TPSA) is 0 Å². The van der Waals surface area contributed by atoms with Gasteiger partial charge in [0.25, 0.3) is 0 Å². The lowest BCUT2D eigenvalue weighted by molar-refractivity contribution is 0.618. The van der Waals surface area contributed by atoms with E-state index >= 15 is 0 Å². The van der Waals surface area contributed by atoms with Crippen molar-refractivity contribution in [3.8, 4) is 0 Å². The summed E-state index contributed by atoms with van der Waals surface area (Å²) in [5.74, 6) is -0.129. The zero-order valence-corrected chi connectivity index (χ0v) is 9.18. The normalized spacial score (nSPS) is 15.9. The van der Waals surface area contributed by atoms with E-state index in [1.165, 1.54) is 11.1 Å². The predicted molar refractivity (Wildman–Crippen MR) is 62.1 cm³/mol. The molecule has 2 rings (SSSR count). The van der Waals surface area contributed by atoms with E-state index < -0.39 is 0 Å². The van der Waals surface area contributed by atoms with Crippen LogP contribution in [0.1, 0.15) is 30.9 Å². The zero-order valence-electron chi connectivity index (χ0n) is 9.18. The molecule has 0 N–H and O–H groups in total. The van der Waals surface area contributed by atoms with Gasteiger partial charge in [-0.05, 0) is 55.5 Å². The summed E-state index contributed by atoms with van der Waals surface area (Å²) in [5, 5.41) is 0. The Morgan fingerprint density at radius 2 is 2.00 bits per heavy atom. The molecule has 78 valence electrons.